The zero-order valence-corrected chi connectivity index (χ0v) is 35.1. The van der Waals surface area contributed by atoms with Crippen LogP contribution < -0.4 is 5.73 Å². The van der Waals surface area contributed by atoms with Crippen molar-refractivity contribution in [2.24, 2.45) is 15.8 Å². The molecule has 2 unspecified atom stereocenters. The third-order valence-electron chi connectivity index (χ3n) is 11.1. The van der Waals surface area contributed by atoms with Crippen LogP contribution in [0.2, 0.25) is 0 Å². The second kappa shape index (κ2) is 24.1. The molecule has 0 bridgehead atoms. The number of benzene rings is 1. The molecule has 7 atom stereocenters. The molecule has 3 aliphatic heterocycles. The molecule has 3 heterocycles. The molecule has 17 heteroatoms. The number of nitrogens with zero attached hydrogens (tertiary/aromatic N) is 3. The van der Waals surface area contributed by atoms with Crippen LogP contribution in [0.4, 0.5) is 13.2 Å². The first-order chi connectivity index (χ1) is 27.7. The lowest BCUT2D eigenvalue weighted by atomic mass is 9.87. The largest absolute Gasteiger partial charge is 0.472 e. The quantitative estimate of drug-likeness (QED) is 0.0452. The number of fused-ring (bicyclic) bond motifs is 1. The number of rotatable bonds is 29. The Kier molecular flexibility index (Phi) is 20.1. The molecule has 0 aromatic heterocycles. The van der Waals surface area contributed by atoms with Crippen molar-refractivity contribution in [2.75, 3.05) is 26.4 Å². The number of aliphatic imine (C=N–C) groups is 1. The Morgan fingerprint density at radius 2 is 1.52 bits per heavy atom. The minimum Gasteiger partial charge on any atom is -0.387 e. The Morgan fingerprint density at radius 3 is 2.10 bits per heavy atom. The summed E-state index contributed by atoms with van der Waals surface area (Å²) in [5.41, 5.74) is 4.83. The first kappa shape index (κ1) is 48.3. The molecule has 1 aromatic rings. The van der Waals surface area contributed by atoms with Crippen molar-refractivity contribution in [1.82, 2.24) is 5.01 Å². The van der Waals surface area contributed by atoms with E-state index in [9.17, 15) is 32.8 Å². The van der Waals surface area contributed by atoms with E-state index in [1.807, 2.05) is 0 Å². The Labute approximate surface area is 341 Å². The molecule has 4 rings (SSSR count). The Bertz CT molecular complexity index is 1500. The van der Waals surface area contributed by atoms with E-state index in [-0.39, 0.29) is 19.0 Å². The molecule has 1 aromatic carbocycles. The zero-order valence-electron chi connectivity index (χ0n) is 34.2. The van der Waals surface area contributed by atoms with Crippen LogP contribution in [0.1, 0.15) is 134 Å². The average molecular weight is 847 g/mol. The number of hydrazone groups is 1. The highest BCUT2D eigenvalue weighted by atomic mass is 31.2. The molecule has 5 N–H and O–H groups in total. The maximum absolute atomic E-state index is 13.1. The topological polar surface area (TPSA) is 178 Å². The summed E-state index contributed by atoms with van der Waals surface area (Å²) in [4.78, 5) is 14.5. The molecule has 3 aliphatic rings. The van der Waals surface area contributed by atoms with Crippen LogP contribution in [-0.2, 0) is 40.6 Å². The fourth-order valence-electron chi connectivity index (χ4n) is 7.55. The van der Waals surface area contributed by atoms with Gasteiger partial charge in [0.2, 0.25) is 0 Å². The molecule has 1 saturated heterocycles. The van der Waals surface area contributed by atoms with Gasteiger partial charge in [-0.05, 0) is 37.5 Å². The van der Waals surface area contributed by atoms with E-state index in [4.69, 9.17) is 29.0 Å². The first-order valence-electron chi connectivity index (χ1n) is 21.1. The first-order valence-corrected chi connectivity index (χ1v) is 22.6. The van der Waals surface area contributed by atoms with Gasteiger partial charge in [-0.25, -0.2) is 9.56 Å². The van der Waals surface area contributed by atoms with Crippen molar-refractivity contribution in [2.45, 2.75) is 172 Å². The van der Waals surface area contributed by atoms with E-state index >= 15 is 0 Å². The second-order valence-electron chi connectivity index (χ2n) is 15.8. The number of unbranched alkanes of at least 4 members (excludes halogenated alkanes) is 15. The van der Waals surface area contributed by atoms with Crippen molar-refractivity contribution in [1.29, 1.82) is 0 Å². The summed E-state index contributed by atoms with van der Waals surface area (Å²) in [5, 5.41) is 27.7. The van der Waals surface area contributed by atoms with Gasteiger partial charge in [0.15, 0.2) is 5.84 Å². The lowest BCUT2D eigenvalue weighted by Crippen LogP contribution is -2.55. The number of phosphoric acid groups is 1. The van der Waals surface area contributed by atoms with Crippen molar-refractivity contribution < 1.29 is 56.1 Å². The molecular formula is C41H66F3N4O9P. The van der Waals surface area contributed by atoms with Gasteiger partial charge in [0.05, 0.1) is 43.7 Å². The predicted octanol–water partition coefficient (Wildman–Crippen LogP) is 8.15. The van der Waals surface area contributed by atoms with E-state index in [1.54, 1.807) is 18.0 Å². The minimum atomic E-state index is -4.75. The van der Waals surface area contributed by atoms with E-state index < -0.39 is 68.8 Å². The number of halogens is 3. The highest BCUT2D eigenvalue weighted by Gasteiger charge is 2.58. The SMILES string of the molecule is CCCCCCCCCCCCCCCCCCOC[C@H](COP(=O)(O)OC[C@H]1O[C@@](C)(C2CC=C3C(N)=NC=NN32)[C@H](O)[C@@H]1O)OCc1ccc(C(F)(F)F)cc1. The number of aliphatic hydroxyl groups excluding tert-OH is 2. The number of hydrogen-bond acceptors (Lipinski definition) is 12. The van der Waals surface area contributed by atoms with Gasteiger partial charge in [-0.15, -0.1) is 0 Å². The lowest BCUT2D eigenvalue weighted by molar-refractivity contribution is -0.137. The number of aliphatic hydroxyl groups is 2. The maximum Gasteiger partial charge on any atom is 0.472 e. The van der Waals surface area contributed by atoms with E-state index in [1.165, 1.54) is 102 Å². The number of hydrogen-bond donors (Lipinski definition) is 4. The monoisotopic (exact) mass is 846 g/mol. The smallest absolute Gasteiger partial charge is 0.387 e. The fourth-order valence-corrected chi connectivity index (χ4v) is 8.31. The summed E-state index contributed by atoms with van der Waals surface area (Å²) in [6, 6.07) is 3.97. The molecule has 58 heavy (non-hydrogen) atoms. The third-order valence-corrected chi connectivity index (χ3v) is 12.1. The van der Waals surface area contributed by atoms with Crippen molar-refractivity contribution in [3.63, 3.8) is 0 Å². The fraction of sp³-hybridized carbons (Fsp3) is 0.756. The van der Waals surface area contributed by atoms with Crippen LogP contribution in [0.3, 0.4) is 0 Å². The lowest BCUT2D eigenvalue weighted by Gasteiger charge is -2.39. The Hall–Kier alpha value is -2.40. The molecule has 13 nitrogen and oxygen atoms in total. The highest BCUT2D eigenvalue weighted by molar-refractivity contribution is 7.47. The van der Waals surface area contributed by atoms with Crippen LogP contribution in [0.5, 0.6) is 0 Å². The number of phosphoric ester groups is 1. The van der Waals surface area contributed by atoms with Crippen molar-refractivity contribution in [3.8, 4) is 0 Å². The highest BCUT2D eigenvalue weighted by Crippen LogP contribution is 2.46. The summed E-state index contributed by atoms with van der Waals surface area (Å²) in [6.07, 6.45) is 14.1. The van der Waals surface area contributed by atoms with Crippen molar-refractivity contribution >= 4 is 20.0 Å². The molecule has 0 amide bonds. The van der Waals surface area contributed by atoms with Crippen LogP contribution in [0, 0.1) is 0 Å². The summed E-state index contributed by atoms with van der Waals surface area (Å²) in [6.45, 7) is 3.16. The van der Waals surface area contributed by atoms with Gasteiger partial charge in [-0.1, -0.05) is 121 Å². The standard InChI is InChI=1S/C41H66F3N4O9P/c1-3-4-5-6-7-8-9-10-11-12-13-14-15-16-17-18-25-53-27-33(54-26-31-19-21-32(22-20-31)41(42,43)44)28-55-58(51,52)56-29-35-37(49)38(50)40(2,57-35)36-24-23-34-39(45)46-30-47-48(34)36/h19-23,30,33,35-38,49-50H,3-18,24-29H2,1-2H3,(H,51,52)(H2,45,46,47)/t33-,35-,36?,37-,38-,40+/m1/s1. The maximum atomic E-state index is 13.1. The number of amidine groups is 1. The van der Waals surface area contributed by atoms with Gasteiger partial charge in [0.1, 0.15) is 36.4 Å². The molecular weight excluding hydrogens is 780 g/mol. The van der Waals surface area contributed by atoms with E-state index in [2.05, 4.69) is 17.0 Å². The third kappa shape index (κ3) is 15.3. The van der Waals surface area contributed by atoms with Gasteiger partial charge in [0, 0.05) is 6.61 Å². The molecule has 1 fully saturated rings. The molecule has 0 saturated carbocycles. The number of nitrogens with two attached hydrogens (primary N) is 1. The summed E-state index contributed by atoms with van der Waals surface area (Å²) < 4.78 is 80.4. The molecule has 0 radical (unpaired) electrons. The summed E-state index contributed by atoms with van der Waals surface area (Å²) in [5.74, 6) is 0.250. The van der Waals surface area contributed by atoms with Crippen LogP contribution in [0.25, 0.3) is 0 Å². The van der Waals surface area contributed by atoms with E-state index in [0.29, 0.717) is 24.3 Å². The predicted molar refractivity (Wildman–Crippen MR) is 216 cm³/mol. The molecule has 330 valence electrons. The normalized spacial score (nSPS) is 24.8. The van der Waals surface area contributed by atoms with E-state index in [0.717, 1.165) is 31.4 Å². The number of ether oxygens (including phenoxy) is 3. The van der Waals surface area contributed by atoms with Gasteiger partial charge >= 0.3 is 14.0 Å². The van der Waals surface area contributed by atoms with Gasteiger partial charge < -0.3 is 35.1 Å². The molecule has 0 spiro atoms. The summed E-state index contributed by atoms with van der Waals surface area (Å²) in [7, 11) is -4.75. The van der Waals surface area contributed by atoms with Crippen molar-refractivity contribution in [3.05, 3.63) is 47.2 Å². The average Bonchev–Trinajstić information content (AvgIpc) is 3.73. The summed E-state index contributed by atoms with van der Waals surface area (Å²) >= 11 is 0. The van der Waals surface area contributed by atoms with Gasteiger partial charge in [-0.2, -0.15) is 18.3 Å². The minimum absolute atomic E-state index is 0.0000112. The van der Waals surface area contributed by atoms with Gasteiger partial charge in [0.25, 0.3) is 0 Å². The van der Waals surface area contributed by atoms with Gasteiger partial charge in [-0.3, -0.25) is 14.1 Å². The Balaban J connectivity index is 1.17. The van der Waals surface area contributed by atoms with Crippen LogP contribution >= 0.6 is 7.82 Å². The second-order valence-corrected chi connectivity index (χ2v) is 17.2. The number of alkyl halides is 3. The van der Waals surface area contributed by atoms with Crippen LogP contribution in [-0.4, -0.2) is 94.8 Å². The molecule has 0 aliphatic carbocycles. The Morgan fingerprint density at radius 1 is 0.931 bits per heavy atom. The van der Waals surface area contributed by atoms with Crippen LogP contribution in [0.15, 0.2) is 46.1 Å². The zero-order chi connectivity index (χ0) is 42.0.